The largest absolute Gasteiger partial charge is 0.459 e. The zero-order chi connectivity index (χ0) is 17.6. The fraction of sp³-hybridized carbons (Fsp3) is 0.600. The van der Waals surface area contributed by atoms with E-state index in [-0.39, 0.29) is 35.1 Å². The second-order valence-electron chi connectivity index (χ2n) is 8.49. The van der Waals surface area contributed by atoms with Crippen molar-refractivity contribution < 1.29 is 23.8 Å². The first-order valence-corrected chi connectivity index (χ1v) is 9.04. The highest BCUT2D eigenvalue weighted by atomic mass is 16.7. The standard InChI is InChI=1S/C20H22O5/c1-10-7-14(24-17(10)21)23-9-13-12-8-11-5-4-6-19(2,3)20(11)16(12)15(13)18(22)25-20/h7-9,12,14-16H,4-6H2,1-3H3/b13-9+/t12-,14-,15?,16+,20-/m1/s1. The van der Waals surface area contributed by atoms with Gasteiger partial charge in [0.2, 0.25) is 0 Å². The number of allylic oxidation sites excluding steroid dienone is 1. The molecule has 5 rings (SSSR count). The lowest BCUT2D eigenvalue weighted by molar-refractivity contribution is -0.158. The fourth-order valence-electron chi connectivity index (χ4n) is 5.66. The Morgan fingerprint density at radius 3 is 2.80 bits per heavy atom. The highest BCUT2D eigenvalue weighted by Gasteiger charge is 2.75. The molecule has 0 aromatic heterocycles. The summed E-state index contributed by atoms with van der Waals surface area (Å²) in [5.74, 6) is -0.315. The van der Waals surface area contributed by atoms with Crippen LogP contribution in [0.25, 0.3) is 0 Å². The second kappa shape index (κ2) is 4.57. The number of cyclic esters (lactones) is 1. The maximum atomic E-state index is 12.6. The number of carbonyl (C=O) groups is 2. The van der Waals surface area contributed by atoms with E-state index < -0.39 is 11.9 Å². The van der Waals surface area contributed by atoms with Crippen LogP contribution in [-0.4, -0.2) is 23.8 Å². The van der Waals surface area contributed by atoms with Gasteiger partial charge in [-0.2, -0.15) is 0 Å². The molecule has 5 aliphatic rings. The SMILES string of the molecule is CC1=C[C@H](O/C=C2/C3C(=O)O[C@]45C(=C[C@H]2[C@@H]34)CCCC5(C)C)OC1=O. The molecule has 2 heterocycles. The Balaban J connectivity index is 1.46. The van der Waals surface area contributed by atoms with Crippen LogP contribution in [-0.2, 0) is 23.8 Å². The topological polar surface area (TPSA) is 61.8 Å². The summed E-state index contributed by atoms with van der Waals surface area (Å²) in [5, 5.41) is 0. The van der Waals surface area contributed by atoms with Crippen LogP contribution in [0, 0.1) is 23.2 Å². The van der Waals surface area contributed by atoms with Gasteiger partial charge in [0.05, 0.1) is 12.2 Å². The zero-order valence-corrected chi connectivity index (χ0v) is 14.7. The summed E-state index contributed by atoms with van der Waals surface area (Å²) in [6.07, 6.45) is 8.10. The first-order valence-electron chi connectivity index (χ1n) is 9.04. The Labute approximate surface area is 146 Å². The highest BCUT2D eigenvalue weighted by Crippen LogP contribution is 2.71. The van der Waals surface area contributed by atoms with Crippen LogP contribution in [0.5, 0.6) is 0 Å². The molecule has 0 amide bonds. The van der Waals surface area contributed by atoms with Crippen molar-refractivity contribution in [2.24, 2.45) is 23.2 Å². The van der Waals surface area contributed by atoms with Crippen LogP contribution >= 0.6 is 0 Å². The second-order valence-corrected chi connectivity index (χ2v) is 8.49. The quantitative estimate of drug-likeness (QED) is 0.438. The van der Waals surface area contributed by atoms with Gasteiger partial charge in [-0.1, -0.05) is 19.9 Å². The molecule has 1 unspecified atom stereocenters. The molecule has 3 fully saturated rings. The van der Waals surface area contributed by atoms with E-state index in [2.05, 4.69) is 19.9 Å². The van der Waals surface area contributed by atoms with E-state index in [1.165, 1.54) is 5.57 Å². The van der Waals surface area contributed by atoms with Crippen molar-refractivity contribution in [3.8, 4) is 0 Å². The molecule has 25 heavy (non-hydrogen) atoms. The lowest BCUT2D eigenvalue weighted by Gasteiger charge is -2.51. The normalized spacial score (nSPS) is 44.4. The average molecular weight is 342 g/mol. The van der Waals surface area contributed by atoms with Crippen molar-refractivity contribution in [3.63, 3.8) is 0 Å². The third-order valence-corrected chi connectivity index (χ3v) is 6.86. The number of hydrogen-bond acceptors (Lipinski definition) is 5. The summed E-state index contributed by atoms with van der Waals surface area (Å²) in [4.78, 5) is 24.1. The maximum absolute atomic E-state index is 12.6. The number of hydrogen-bond donors (Lipinski definition) is 0. The van der Waals surface area contributed by atoms with Crippen molar-refractivity contribution in [3.05, 3.63) is 35.1 Å². The van der Waals surface area contributed by atoms with Gasteiger partial charge in [-0.05, 0) is 37.3 Å². The molecule has 0 radical (unpaired) electrons. The number of rotatable bonds is 2. The number of esters is 2. The van der Waals surface area contributed by atoms with Gasteiger partial charge >= 0.3 is 11.9 Å². The Morgan fingerprint density at radius 1 is 1.28 bits per heavy atom. The molecule has 0 N–H and O–H groups in total. The van der Waals surface area contributed by atoms with Crippen molar-refractivity contribution in [2.45, 2.75) is 51.9 Å². The van der Waals surface area contributed by atoms with Crippen LogP contribution in [0.3, 0.4) is 0 Å². The molecule has 0 aromatic rings. The first kappa shape index (κ1) is 15.2. The van der Waals surface area contributed by atoms with Crippen molar-refractivity contribution in [2.75, 3.05) is 0 Å². The van der Waals surface area contributed by atoms with E-state index in [9.17, 15) is 9.59 Å². The van der Waals surface area contributed by atoms with Gasteiger partial charge in [0, 0.05) is 28.9 Å². The molecule has 132 valence electrons. The van der Waals surface area contributed by atoms with Crippen LogP contribution in [0.2, 0.25) is 0 Å². The minimum absolute atomic E-state index is 0.0336. The van der Waals surface area contributed by atoms with Gasteiger partial charge in [0.15, 0.2) is 0 Å². The van der Waals surface area contributed by atoms with E-state index >= 15 is 0 Å². The molecule has 2 aliphatic heterocycles. The minimum Gasteiger partial charge on any atom is -0.459 e. The molecule has 0 aromatic carbocycles. The van der Waals surface area contributed by atoms with E-state index in [1.807, 2.05) is 0 Å². The molecule has 1 saturated heterocycles. The lowest BCUT2D eigenvalue weighted by Crippen LogP contribution is -2.55. The van der Waals surface area contributed by atoms with E-state index in [0.29, 0.717) is 5.57 Å². The predicted molar refractivity (Wildman–Crippen MR) is 87.8 cm³/mol. The Kier molecular flexibility index (Phi) is 2.78. The van der Waals surface area contributed by atoms with Gasteiger partial charge in [-0.3, -0.25) is 4.79 Å². The highest BCUT2D eigenvalue weighted by molar-refractivity contribution is 5.90. The van der Waals surface area contributed by atoms with Gasteiger partial charge in [0.1, 0.15) is 5.60 Å². The van der Waals surface area contributed by atoms with Crippen LogP contribution in [0.4, 0.5) is 0 Å². The number of carbonyl (C=O) groups excluding carboxylic acids is 2. The molecular formula is C20H22O5. The van der Waals surface area contributed by atoms with Crippen LogP contribution in [0.1, 0.15) is 40.0 Å². The lowest BCUT2D eigenvalue weighted by atomic mass is 9.52. The van der Waals surface area contributed by atoms with Crippen molar-refractivity contribution >= 4 is 11.9 Å². The number of ether oxygens (including phenoxy) is 3. The molecule has 5 nitrogen and oxygen atoms in total. The minimum atomic E-state index is -0.696. The Bertz CT molecular complexity index is 786. The van der Waals surface area contributed by atoms with Crippen LogP contribution in [0.15, 0.2) is 35.1 Å². The zero-order valence-electron chi connectivity index (χ0n) is 14.7. The smallest absolute Gasteiger partial charge is 0.336 e. The maximum Gasteiger partial charge on any atom is 0.336 e. The Morgan fingerprint density at radius 2 is 2.08 bits per heavy atom. The van der Waals surface area contributed by atoms with Crippen molar-refractivity contribution in [1.82, 2.24) is 0 Å². The average Bonchev–Trinajstić information content (AvgIpc) is 3.06. The molecule has 2 saturated carbocycles. The molecule has 0 bridgehead atoms. The third kappa shape index (κ3) is 1.69. The summed E-state index contributed by atoms with van der Waals surface area (Å²) in [7, 11) is 0. The van der Waals surface area contributed by atoms with Gasteiger partial charge in [-0.25, -0.2) is 4.79 Å². The van der Waals surface area contributed by atoms with Crippen molar-refractivity contribution in [1.29, 1.82) is 0 Å². The Hall–Kier alpha value is -2.04. The molecule has 5 heteroatoms. The molecule has 5 atom stereocenters. The summed E-state index contributed by atoms with van der Waals surface area (Å²) in [6.45, 7) is 6.15. The fourth-order valence-corrected chi connectivity index (χ4v) is 5.66. The van der Waals surface area contributed by atoms with E-state index in [4.69, 9.17) is 14.2 Å². The summed E-state index contributed by atoms with van der Waals surface area (Å²) in [5.41, 5.74) is 2.34. The van der Waals surface area contributed by atoms with Gasteiger partial charge < -0.3 is 14.2 Å². The van der Waals surface area contributed by atoms with Gasteiger partial charge in [-0.15, -0.1) is 0 Å². The molecular weight excluding hydrogens is 320 g/mol. The summed E-state index contributed by atoms with van der Waals surface area (Å²) >= 11 is 0. The predicted octanol–water partition coefficient (Wildman–Crippen LogP) is 3.02. The molecule has 1 spiro atoms. The summed E-state index contributed by atoms with van der Waals surface area (Å²) in [6, 6.07) is 0. The monoisotopic (exact) mass is 342 g/mol. The summed E-state index contributed by atoms with van der Waals surface area (Å²) < 4.78 is 16.8. The molecule has 3 aliphatic carbocycles. The van der Waals surface area contributed by atoms with Crippen LogP contribution < -0.4 is 0 Å². The third-order valence-electron chi connectivity index (χ3n) is 6.86. The van der Waals surface area contributed by atoms with E-state index in [0.717, 1.165) is 24.8 Å². The van der Waals surface area contributed by atoms with Gasteiger partial charge in [0.25, 0.3) is 6.29 Å². The van der Waals surface area contributed by atoms with E-state index in [1.54, 1.807) is 19.3 Å². The first-order chi connectivity index (χ1) is 11.8.